The van der Waals surface area contributed by atoms with Crippen molar-refractivity contribution in [2.75, 3.05) is 31.1 Å². The van der Waals surface area contributed by atoms with Gasteiger partial charge in [-0.1, -0.05) is 18.2 Å². The Balaban J connectivity index is 1.48. The Morgan fingerprint density at radius 2 is 1.90 bits per heavy atom. The molecule has 0 amide bonds. The fraction of sp³-hybridized carbons (Fsp3) is 0.353. The van der Waals surface area contributed by atoms with Gasteiger partial charge in [0.2, 0.25) is 0 Å². The van der Waals surface area contributed by atoms with E-state index in [1.165, 1.54) is 5.69 Å². The summed E-state index contributed by atoms with van der Waals surface area (Å²) in [6.07, 6.45) is 4.64. The van der Waals surface area contributed by atoms with Crippen LogP contribution in [0.2, 0.25) is 0 Å². The molecule has 2 heterocycles. The molecule has 0 bridgehead atoms. The summed E-state index contributed by atoms with van der Waals surface area (Å²) in [5, 5.41) is 4.70. The molecule has 0 N–H and O–H groups in total. The van der Waals surface area contributed by atoms with Gasteiger partial charge < -0.3 is 9.64 Å². The molecule has 4 heteroatoms. The van der Waals surface area contributed by atoms with Crippen LogP contribution in [0.25, 0.3) is 0 Å². The monoisotopic (exact) mass is 282 g/mol. The zero-order chi connectivity index (χ0) is 14.3. The van der Waals surface area contributed by atoms with Gasteiger partial charge in [0.15, 0.2) is 0 Å². The number of hydrogen-bond acceptors (Lipinski definition) is 3. The van der Waals surface area contributed by atoms with Gasteiger partial charge >= 0.3 is 0 Å². The minimum atomic E-state index is 0.343. The van der Waals surface area contributed by atoms with E-state index in [9.17, 15) is 0 Å². The van der Waals surface area contributed by atoms with Crippen LogP contribution < -0.4 is 15.0 Å². The summed E-state index contributed by atoms with van der Waals surface area (Å²) in [7, 11) is 0. The van der Waals surface area contributed by atoms with E-state index in [-0.39, 0.29) is 0 Å². The van der Waals surface area contributed by atoms with Crippen molar-refractivity contribution in [1.82, 2.24) is 10.3 Å². The molecule has 1 fully saturated rings. The number of hydrogen-bond donors (Lipinski definition) is 0. The molecule has 3 rings (SSSR count). The molecule has 0 spiro atoms. The van der Waals surface area contributed by atoms with Crippen LogP contribution in [0.4, 0.5) is 5.69 Å². The SMILES string of the molecule is c1ccc(OCCC2CN(c3ccncc3)CC[N]2)cc1. The highest BCUT2D eigenvalue weighted by molar-refractivity contribution is 5.45. The predicted octanol–water partition coefficient (Wildman–Crippen LogP) is 2.34. The summed E-state index contributed by atoms with van der Waals surface area (Å²) >= 11 is 0. The van der Waals surface area contributed by atoms with E-state index in [2.05, 4.69) is 22.0 Å². The first-order chi connectivity index (χ1) is 10.4. The van der Waals surface area contributed by atoms with Crippen molar-refractivity contribution < 1.29 is 4.74 Å². The fourth-order valence-electron chi connectivity index (χ4n) is 2.57. The van der Waals surface area contributed by atoms with Gasteiger partial charge in [0, 0.05) is 50.2 Å². The molecule has 1 aromatic carbocycles. The summed E-state index contributed by atoms with van der Waals surface area (Å²) in [6.45, 7) is 3.54. The molecule has 4 nitrogen and oxygen atoms in total. The van der Waals surface area contributed by atoms with E-state index in [1.54, 1.807) is 0 Å². The molecule has 1 saturated heterocycles. The third-order valence-electron chi connectivity index (χ3n) is 3.68. The van der Waals surface area contributed by atoms with Crippen LogP contribution in [-0.2, 0) is 0 Å². The topological polar surface area (TPSA) is 39.5 Å². The molecule has 1 aliphatic heterocycles. The van der Waals surface area contributed by atoms with Gasteiger partial charge in [0.25, 0.3) is 0 Å². The highest BCUT2D eigenvalue weighted by Crippen LogP contribution is 2.16. The van der Waals surface area contributed by atoms with Crippen LogP contribution in [0.15, 0.2) is 54.9 Å². The molecular weight excluding hydrogens is 262 g/mol. The molecule has 1 aliphatic rings. The van der Waals surface area contributed by atoms with Gasteiger partial charge in [-0.25, -0.2) is 5.32 Å². The molecule has 1 radical (unpaired) electrons. The summed E-state index contributed by atoms with van der Waals surface area (Å²) in [5.41, 5.74) is 1.23. The highest BCUT2D eigenvalue weighted by Gasteiger charge is 2.20. The Morgan fingerprint density at radius 3 is 2.71 bits per heavy atom. The number of para-hydroxylation sites is 1. The minimum absolute atomic E-state index is 0.343. The maximum Gasteiger partial charge on any atom is 0.119 e. The average Bonchev–Trinajstić information content (AvgIpc) is 2.57. The van der Waals surface area contributed by atoms with Gasteiger partial charge in [-0.2, -0.15) is 0 Å². The van der Waals surface area contributed by atoms with Gasteiger partial charge in [-0.15, -0.1) is 0 Å². The molecule has 2 aromatic rings. The summed E-state index contributed by atoms with van der Waals surface area (Å²) in [4.78, 5) is 6.45. The molecule has 0 saturated carbocycles. The minimum Gasteiger partial charge on any atom is -0.494 e. The number of aromatic nitrogens is 1. The van der Waals surface area contributed by atoms with Crippen molar-refractivity contribution in [2.45, 2.75) is 12.5 Å². The molecule has 1 aromatic heterocycles. The van der Waals surface area contributed by atoms with Crippen molar-refractivity contribution in [3.05, 3.63) is 54.9 Å². The lowest BCUT2D eigenvalue weighted by molar-refractivity contribution is 0.278. The van der Waals surface area contributed by atoms with Gasteiger partial charge in [0.1, 0.15) is 5.75 Å². The largest absolute Gasteiger partial charge is 0.494 e. The number of rotatable bonds is 5. The second kappa shape index (κ2) is 7.09. The third kappa shape index (κ3) is 3.95. The zero-order valence-electron chi connectivity index (χ0n) is 12.1. The molecule has 1 unspecified atom stereocenters. The Hall–Kier alpha value is -2.07. The van der Waals surface area contributed by atoms with Crippen molar-refractivity contribution in [1.29, 1.82) is 0 Å². The number of benzene rings is 1. The van der Waals surface area contributed by atoms with Crippen molar-refractivity contribution in [3.8, 4) is 5.75 Å². The normalized spacial score (nSPS) is 18.5. The first-order valence-electron chi connectivity index (χ1n) is 7.41. The molecule has 0 aliphatic carbocycles. The second-order valence-electron chi connectivity index (χ2n) is 5.16. The summed E-state index contributed by atoms with van der Waals surface area (Å²) in [6, 6.07) is 14.4. The third-order valence-corrected chi connectivity index (χ3v) is 3.68. The fourth-order valence-corrected chi connectivity index (χ4v) is 2.57. The number of nitrogens with zero attached hydrogens (tertiary/aromatic N) is 3. The van der Waals surface area contributed by atoms with Crippen LogP contribution in [0.1, 0.15) is 6.42 Å². The van der Waals surface area contributed by atoms with E-state index < -0.39 is 0 Å². The van der Waals surface area contributed by atoms with E-state index in [4.69, 9.17) is 10.1 Å². The first-order valence-corrected chi connectivity index (χ1v) is 7.41. The van der Waals surface area contributed by atoms with E-state index in [0.717, 1.165) is 31.8 Å². The second-order valence-corrected chi connectivity index (χ2v) is 5.16. The lowest BCUT2D eigenvalue weighted by Gasteiger charge is -2.34. The van der Waals surface area contributed by atoms with E-state index in [1.807, 2.05) is 42.7 Å². The van der Waals surface area contributed by atoms with Gasteiger partial charge in [0.05, 0.1) is 6.61 Å². The van der Waals surface area contributed by atoms with Crippen LogP contribution in [0, 0.1) is 0 Å². The van der Waals surface area contributed by atoms with Gasteiger partial charge in [-0.05, 0) is 24.3 Å². The Bertz CT molecular complexity index is 532. The van der Waals surface area contributed by atoms with Crippen molar-refractivity contribution in [3.63, 3.8) is 0 Å². The number of ether oxygens (including phenoxy) is 1. The smallest absolute Gasteiger partial charge is 0.119 e. The lowest BCUT2D eigenvalue weighted by Crippen LogP contribution is -2.47. The number of anilines is 1. The number of pyridine rings is 1. The Morgan fingerprint density at radius 1 is 1.10 bits per heavy atom. The van der Waals surface area contributed by atoms with E-state index >= 15 is 0 Å². The Labute approximate surface area is 125 Å². The highest BCUT2D eigenvalue weighted by atomic mass is 16.5. The van der Waals surface area contributed by atoms with Crippen LogP contribution in [0.5, 0.6) is 5.75 Å². The predicted molar refractivity (Wildman–Crippen MR) is 83.8 cm³/mol. The van der Waals surface area contributed by atoms with Crippen LogP contribution in [0.3, 0.4) is 0 Å². The maximum atomic E-state index is 5.76. The maximum absolute atomic E-state index is 5.76. The average molecular weight is 282 g/mol. The molecular formula is C17H20N3O. The lowest BCUT2D eigenvalue weighted by atomic mass is 10.1. The zero-order valence-corrected chi connectivity index (χ0v) is 12.1. The van der Waals surface area contributed by atoms with Crippen LogP contribution >= 0.6 is 0 Å². The Kier molecular flexibility index (Phi) is 4.69. The molecule has 1 atom stereocenters. The number of piperazine rings is 1. The van der Waals surface area contributed by atoms with Crippen LogP contribution in [-0.4, -0.2) is 37.3 Å². The quantitative estimate of drug-likeness (QED) is 0.845. The molecule has 21 heavy (non-hydrogen) atoms. The standard InChI is InChI=1S/C17H20N3O/c1-2-4-17(5-3-1)21-13-8-15-14-20(12-11-19-15)16-6-9-18-10-7-16/h1-7,9-10,15H,8,11-14H2. The van der Waals surface area contributed by atoms with E-state index in [0.29, 0.717) is 12.6 Å². The van der Waals surface area contributed by atoms with Crippen molar-refractivity contribution >= 4 is 5.69 Å². The van der Waals surface area contributed by atoms with Crippen molar-refractivity contribution in [2.24, 2.45) is 0 Å². The molecule has 109 valence electrons. The summed E-state index contributed by atoms with van der Waals surface area (Å²) < 4.78 is 5.76. The first kappa shape index (κ1) is 13.9. The van der Waals surface area contributed by atoms with Gasteiger partial charge in [-0.3, -0.25) is 4.98 Å². The summed E-state index contributed by atoms with van der Waals surface area (Å²) in [5.74, 6) is 0.930.